The summed E-state index contributed by atoms with van der Waals surface area (Å²) in [7, 11) is 0. The average molecular weight is 281 g/mol. The van der Waals surface area contributed by atoms with Crippen LogP contribution in [0.25, 0.3) is 0 Å². The Morgan fingerprint density at radius 2 is 2.11 bits per heavy atom. The van der Waals surface area contributed by atoms with Gasteiger partial charge in [0.1, 0.15) is 5.75 Å². The van der Waals surface area contributed by atoms with E-state index in [-0.39, 0.29) is 6.10 Å². The van der Waals surface area contributed by atoms with E-state index in [1.165, 1.54) is 31.2 Å². The van der Waals surface area contributed by atoms with Crippen LogP contribution in [-0.4, -0.2) is 17.8 Å². The quantitative estimate of drug-likeness (QED) is 0.910. The zero-order valence-electron chi connectivity index (χ0n) is 11.2. The Morgan fingerprint density at radius 3 is 2.89 bits per heavy atom. The number of halogens is 1. The van der Waals surface area contributed by atoms with Crippen LogP contribution >= 0.6 is 11.6 Å². The van der Waals surface area contributed by atoms with Crippen LogP contribution in [0.1, 0.15) is 43.2 Å². The lowest BCUT2D eigenvalue weighted by Gasteiger charge is -2.18. The summed E-state index contributed by atoms with van der Waals surface area (Å²) in [5, 5.41) is 11.0. The second-order valence-electron chi connectivity index (χ2n) is 5.80. The first kappa shape index (κ1) is 13.3. The molecule has 0 spiro atoms. The molecule has 0 bridgehead atoms. The molecule has 1 unspecified atom stereocenters. The highest BCUT2D eigenvalue weighted by molar-refractivity contribution is 6.30. The van der Waals surface area contributed by atoms with Crippen LogP contribution in [0.5, 0.6) is 5.75 Å². The Morgan fingerprint density at radius 1 is 1.32 bits per heavy atom. The number of hydrogen-bond acceptors (Lipinski definition) is 2. The van der Waals surface area contributed by atoms with Gasteiger partial charge in [-0.3, -0.25) is 0 Å². The van der Waals surface area contributed by atoms with E-state index in [4.69, 9.17) is 16.3 Å². The van der Waals surface area contributed by atoms with E-state index in [1.807, 2.05) is 12.1 Å². The van der Waals surface area contributed by atoms with Crippen LogP contribution in [0.4, 0.5) is 0 Å². The minimum Gasteiger partial charge on any atom is -0.493 e. The topological polar surface area (TPSA) is 29.5 Å². The number of fused-ring (bicyclic) bond motifs is 1. The second-order valence-corrected chi connectivity index (χ2v) is 6.24. The molecule has 3 rings (SSSR count). The largest absolute Gasteiger partial charge is 0.493 e. The van der Waals surface area contributed by atoms with Gasteiger partial charge in [0.05, 0.1) is 12.7 Å². The third kappa shape index (κ3) is 2.90. The van der Waals surface area contributed by atoms with Gasteiger partial charge >= 0.3 is 0 Å². The van der Waals surface area contributed by atoms with E-state index in [2.05, 4.69) is 0 Å². The van der Waals surface area contributed by atoms with Gasteiger partial charge in [0, 0.05) is 11.4 Å². The number of benzene rings is 1. The summed E-state index contributed by atoms with van der Waals surface area (Å²) in [5.74, 6) is 1.52. The lowest BCUT2D eigenvalue weighted by atomic mass is 9.94. The maximum absolute atomic E-state index is 10.3. The third-order valence-electron chi connectivity index (χ3n) is 4.48. The van der Waals surface area contributed by atoms with Gasteiger partial charge in [-0.05, 0) is 54.9 Å². The fourth-order valence-electron chi connectivity index (χ4n) is 3.41. The zero-order valence-corrected chi connectivity index (χ0v) is 12.0. The summed E-state index contributed by atoms with van der Waals surface area (Å²) in [6, 6.07) is 3.99. The normalized spacial score (nSPS) is 20.3. The summed E-state index contributed by atoms with van der Waals surface area (Å²) in [6.07, 6.45) is 7.39. The van der Waals surface area contributed by atoms with Gasteiger partial charge in [0.15, 0.2) is 0 Å². The van der Waals surface area contributed by atoms with Crippen LogP contribution < -0.4 is 4.74 Å². The summed E-state index contributed by atoms with van der Waals surface area (Å²) >= 11 is 6.15. The van der Waals surface area contributed by atoms with Gasteiger partial charge < -0.3 is 9.84 Å². The van der Waals surface area contributed by atoms with Crippen molar-refractivity contribution in [2.24, 2.45) is 5.92 Å². The molecule has 1 aliphatic heterocycles. The molecule has 0 amide bonds. The van der Waals surface area contributed by atoms with Crippen molar-refractivity contribution in [3.8, 4) is 5.75 Å². The molecule has 104 valence electrons. The number of aliphatic hydroxyl groups excluding tert-OH is 1. The van der Waals surface area contributed by atoms with Crippen LogP contribution in [0, 0.1) is 5.92 Å². The minimum atomic E-state index is -0.168. The van der Waals surface area contributed by atoms with Crippen molar-refractivity contribution in [1.29, 1.82) is 0 Å². The fraction of sp³-hybridized carbons (Fsp3) is 0.625. The van der Waals surface area contributed by atoms with E-state index < -0.39 is 0 Å². The zero-order chi connectivity index (χ0) is 13.2. The first-order chi connectivity index (χ1) is 9.24. The lowest BCUT2D eigenvalue weighted by molar-refractivity contribution is 0.102. The molecule has 1 aromatic carbocycles. The van der Waals surface area contributed by atoms with E-state index in [1.54, 1.807) is 0 Å². The molecule has 1 atom stereocenters. The number of aliphatic hydroxyl groups is 1. The predicted molar refractivity (Wildman–Crippen MR) is 76.9 cm³/mol. The molecule has 0 aromatic heterocycles. The summed E-state index contributed by atoms with van der Waals surface area (Å²) in [6.45, 7) is 0.758. The highest BCUT2D eigenvalue weighted by Crippen LogP contribution is 2.35. The molecule has 0 saturated heterocycles. The van der Waals surface area contributed by atoms with Crippen LogP contribution in [-0.2, 0) is 12.8 Å². The number of aryl methyl sites for hydroxylation is 1. The maximum Gasteiger partial charge on any atom is 0.125 e. The highest BCUT2D eigenvalue weighted by Gasteiger charge is 2.24. The van der Waals surface area contributed by atoms with Gasteiger partial charge in [0.2, 0.25) is 0 Å². The molecule has 1 fully saturated rings. The van der Waals surface area contributed by atoms with E-state index >= 15 is 0 Å². The Bertz CT molecular complexity index is 452. The molecule has 2 aliphatic rings. The van der Waals surface area contributed by atoms with E-state index in [0.717, 1.165) is 42.2 Å². The van der Waals surface area contributed by atoms with Crippen LogP contribution in [0.2, 0.25) is 5.02 Å². The monoisotopic (exact) mass is 280 g/mol. The van der Waals surface area contributed by atoms with Crippen LogP contribution in [0.15, 0.2) is 12.1 Å². The van der Waals surface area contributed by atoms with Crippen molar-refractivity contribution in [3.05, 3.63) is 28.3 Å². The molecule has 1 heterocycles. The van der Waals surface area contributed by atoms with Crippen molar-refractivity contribution in [1.82, 2.24) is 0 Å². The van der Waals surface area contributed by atoms with Crippen molar-refractivity contribution in [3.63, 3.8) is 0 Å². The Balaban J connectivity index is 1.66. The van der Waals surface area contributed by atoms with Gasteiger partial charge in [-0.1, -0.05) is 24.4 Å². The van der Waals surface area contributed by atoms with Crippen molar-refractivity contribution in [2.45, 2.75) is 51.0 Å². The van der Waals surface area contributed by atoms with Crippen molar-refractivity contribution >= 4 is 11.6 Å². The molecule has 2 nitrogen and oxygen atoms in total. The molecule has 3 heteroatoms. The van der Waals surface area contributed by atoms with Gasteiger partial charge in [-0.25, -0.2) is 0 Å². The first-order valence-corrected chi connectivity index (χ1v) is 7.74. The molecular formula is C16H21ClO2. The molecule has 1 aliphatic carbocycles. The van der Waals surface area contributed by atoms with E-state index in [0.29, 0.717) is 5.92 Å². The second kappa shape index (κ2) is 5.72. The molecule has 1 aromatic rings. The fourth-order valence-corrected chi connectivity index (χ4v) is 3.68. The standard InChI is InChI=1S/C16H21ClO2/c17-14-9-12(16-13(10-14)7-8-19-16)5-6-15(18)11-3-1-2-4-11/h9-11,15,18H,1-8H2. The Hall–Kier alpha value is -0.730. The molecule has 0 radical (unpaired) electrons. The van der Waals surface area contributed by atoms with Gasteiger partial charge in [0.25, 0.3) is 0 Å². The Labute approximate surface area is 119 Å². The van der Waals surface area contributed by atoms with Crippen molar-refractivity contribution in [2.75, 3.05) is 6.61 Å². The lowest BCUT2D eigenvalue weighted by Crippen LogP contribution is -2.18. The SMILES string of the molecule is OC(CCc1cc(Cl)cc2c1OCC2)C1CCCC1. The van der Waals surface area contributed by atoms with Gasteiger partial charge in [-0.2, -0.15) is 0 Å². The molecule has 1 saturated carbocycles. The number of hydrogen-bond donors (Lipinski definition) is 1. The Kier molecular flexibility index (Phi) is 3.99. The maximum atomic E-state index is 10.3. The van der Waals surface area contributed by atoms with E-state index in [9.17, 15) is 5.11 Å². The highest BCUT2D eigenvalue weighted by atomic mass is 35.5. The third-order valence-corrected chi connectivity index (χ3v) is 4.70. The molecule has 19 heavy (non-hydrogen) atoms. The number of ether oxygens (including phenoxy) is 1. The summed E-state index contributed by atoms with van der Waals surface area (Å²) < 4.78 is 5.70. The minimum absolute atomic E-state index is 0.168. The summed E-state index contributed by atoms with van der Waals surface area (Å²) in [4.78, 5) is 0. The van der Waals surface area contributed by atoms with Crippen LogP contribution in [0.3, 0.4) is 0 Å². The first-order valence-electron chi connectivity index (χ1n) is 7.36. The molecule has 1 N–H and O–H groups in total. The number of rotatable bonds is 4. The van der Waals surface area contributed by atoms with Gasteiger partial charge in [-0.15, -0.1) is 0 Å². The molecular weight excluding hydrogens is 260 g/mol. The smallest absolute Gasteiger partial charge is 0.125 e. The van der Waals surface area contributed by atoms with Crippen molar-refractivity contribution < 1.29 is 9.84 Å². The predicted octanol–water partition coefficient (Wildman–Crippen LogP) is 3.76. The average Bonchev–Trinajstić information content (AvgIpc) is 3.05. The summed E-state index contributed by atoms with van der Waals surface area (Å²) in [5.41, 5.74) is 2.38.